The predicted molar refractivity (Wildman–Crippen MR) is 108 cm³/mol. The van der Waals surface area contributed by atoms with Crippen LogP contribution in [0.2, 0.25) is 0 Å². The molecule has 0 saturated carbocycles. The van der Waals surface area contributed by atoms with E-state index in [0.29, 0.717) is 24.5 Å². The lowest BCUT2D eigenvalue weighted by molar-refractivity contribution is -0.123. The summed E-state index contributed by atoms with van der Waals surface area (Å²) in [7, 11) is 1.64. The van der Waals surface area contributed by atoms with Gasteiger partial charge < -0.3 is 24.3 Å². The van der Waals surface area contributed by atoms with Crippen molar-refractivity contribution in [3.8, 4) is 0 Å². The molecular formula is C21H25N3O5. The Morgan fingerprint density at radius 2 is 1.79 bits per heavy atom. The van der Waals surface area contributed by atoms with Gasteiger partial charge in [-0.15, -0.1) is 0 Å². The molecule has 0 aliphatic carbocycles. The van der Waals surface area contributed by atoms with Gasteiger partial charge in [0, 0.05) is 43.3 Å². The number of carbonyl (C=O) groups is 3. The molecule has 1 amide bonds. The zero-order valence-corrected chi connectivity index (χ0v) is 16.8. The maximum atomic E-state index is 12.4. The third kappa shape index (κ3) is 5.03. The third-order valence-electron chi connectivity index (χ3n) is 4.78. The third-order valence-corrected chi connectivity index (χ3v) is 4.78. The molecule has 0 unspecified atom stereocenters. The number of aromatic nitrogens is 1. The first-order valence-corrected chi connectivity index (χ1v) is 9.47. The van der Waals surface area contributed by atoms with Crippen LogP contribution in [0.1, 0.15) is 34.7 Å². The van der Waals surface area contributed by atoms with Crippen molar-refractivity contribution in [3.05, 3.63) is 47.8 Å². The van der Waals surface area contributed by atoms with Crippen LogP contribution in [0.15, 0.2) is 36.5 Å². The number of hydrogen-bond acceptors (Lipinski definition) is 6. The van der Waals surface area contributed by atoms with Gasteiger partial charge in [-0.3, -0.25) is 9.59 Å². The molecule has 1 saturated heterocycles. The summed E-state index contributed by atoms with van der Waals surface area (Å²) in [5.74, 6) is -1.24. The number of benzene rings is 1. The van der Waals surface area contributed by atoms with Crippen LogP contribution < -0.4 is 10.2 Å². The van der Waals surface area contributed by atoms with E-state index in [0.717, 1.165) is 18.8 Å². The van der Waals surface area contributed by atoms with Crippen molar-refractivity contribution in [3.63, 3.8) is 0 Å². The first kappa shape index (κ1) is 20.6. The Bertz CT molecular complexity index is 898. The first-order valence-electron chi connectivity index (χ1n) is 9.47. The number of amides is 1. The monoisotopic (exact) mass is 399 g/mol. The average molecular weight is 399 g/mol. The number of carbonyl (C=O) groups excluding carboxylic acids is 3. The van der Waals surface area contributed by atoms with Gasteiger partial charge in [-0.2, -0.15) is 0 Å². The van der Waals surface area contributed by atoms with Crippen molar-refractivity contribution in [2.24, 2.45) is 7.05 Å². The van der Waals surface area contributed by atoms with Gasteiger partial charge in [-0.05, 0) is 44.2 Å². The average Bonchev–Trinajstić information content (AvgIpc) is 3.11. The number of ether oxygens (including phenoxy) is 2. The molecule has 1 N–H and O–H groups in total. The van der Waals surface area contributed by atoms with Gasteiger partial charge in [0.2, 0.25) is 0 Å². The molecule has 1 fully saturated rings. The Hall–Kier alpha value is -3.13. The van der Waals surface area contributed by atoms with E-state index in [9.17, 15) is 14.4 Å². The van der Waals surface area contributed by atoms with Gasteiger partial charge in [0.25, 0.3) is 5.91 Å². The molecule has 8 nitrogen and oxygen atoms in total. The molecule has 154 valence electrons. The van der Waals surface area contributed by atoms with E-state index in [-0.39, 0.29) is 11.5 Å². The van der Waals surface area contributed by atoms with Crippen LogP contribution in [0.4, 0.5) is 11.4 Å². The summed E-state index contributed by atoms with van der Waals surface area (Å²) in [6.07, 6.45) is 0.566. The molecule has 1 aromatic carbocycles. The number of hydrogen-bond donors (Lipinski definition) is 1. The van der Waals surface area contributed by atoms with Crippen LogP contribution >= 0.6 is 0 Å². The number of rotatable bonds is 6. The van der Waals surface area contributed by atoms with E-state index >= 15 is 0 Å². The second-order valence-electron chi connectivity index (χ2n) is 6.96. The van der Waals surface area contributed by atoms with Gasteiger partial charge >= 0.3 is 5.97 Å². The smallest absolute Gasteiger partial charge is 0.355 e. The fraction of sp³-hybridized carbons (Fsp3) is 0.381. The molecule has 29 heavy (non-hydrogen) atoms. The molecular weight excluding hydrogens is 374 g/mol. The summed E-state index contributed by atoms with van der Waals surface area (Å²) in [5.41, 5.74) is 2.31. The van der Waals surface area contributed by atoms with Crippen molar-refractivity contribution < 1.29 is 23.9 Å². The van der Waals surface area contributed by atoms with Crippen LogP contribution in [0.5, 0.6) is 0 Å². The number of Topliss-reactive ketones (excluding diaryl/α,β-unsaturated/α-hetero) is 1. The maximum absolute atomic E-state index is 12.4. The SMILES string of the molecule is CC(=O)c1cc(C(=O)O[C@@H](C)C(=O)Nc2ccc(N3CCOCC3)cc2)n(C)c1. The predicted octanol–water partition coefficient (Wildman–Crippen LogP) is 2.25. The minimum Gasteiger partial charge on any atom is -0.448 e. The Morgan fingerprint density at radius 1 is 1.14 bits per heavy atom. The molecule has 1 aromatic heterocycles. The minimum absolute atomic E-state index is 0.147. The summed E-state index contributed by atoms with van der Waals surface area (Å²) in [6.45, 7) is 6.01. The van der Waals surface area contributed by atoms with Crippen LogP contribution in [-0.4, -0.2) is 54.6 Å². The van der Waals surface area contributed by atoms with Gasteiger partial charge in [0.15, 0.2) is 11.9 Å². The first-order chi connectivity index (χ1) is 13.8. The minimum atomic E-state index is -0.989. The molecule has 3 rings (SSSR count). The Labute approximate surface area is 169 Å². The van der Waals surface area contributed by atoms with Gasteiger partial charge in [-0.25, -0.2) is 4.79 Å². The summed E-state index contributed by atoms with van der Waals surface area (Å²) < 4.78 is 12.1. The fourth-order valence-corrected chi connectivity index (χ4v) is 3.06. The van der Waals surface area contributed by atoms with E-state index in [1.165, 1.54) is 24.5 Å². The zero-order valence-electron chi connectivity index (χ0n) is 16.8. The van der Waals surface area contributed by atoms with E-state index < -0.39 is 18.0 Å². The largest absolute Gasteiger partial charge is 0.448 e. The van der Waals surface area contributed by atoms with Crippen LogP contribution in [-0.2, 0) is 21.3 Å². The topological polar surface area (TPSA) is 89.9 Å². The van der Waals surface area contributed by atoms with Crippen LogP contribution in [0.3, 0.4) is 0 Å². The van der Waals surface area contributed by atoms with Crippen molar-refractivity contribution in [1.29, 1.82) is 0 Å². The summed E-state index contributed by atoms with van der Waals surface area (Å²) in [6, 6.07) is 8.95. The van der Waals surface area contributed by atoms with Crippen molar-refractivity contribution in [2.75, 3.05) is 36.5 Å². The molecule has 1 atom stereocenters. The van der Waals surface area contributed by atoms with Crippen LogP contribution in [0, 0.1) is 0 Å². The lowest BCUT2D eigenvalue weighted by Gasteiger charge is -2.28. The number of nitrogens with zero attached hydrogens (tertiary/aromatic N) is 2. The number of aryl methyl sites for hydroxylation is 1. The van der Waals surface area contributed by atoms with Crippen LogP contribution in [0.25, 0.3) is 0 Å². The Morgan fingerprint density at radius 3 is 2.38 bits per heavy atom. The summed E-state index contributed by atoms with van der Waals surface area (Å²) >= 11 is 0. The Balaban J connectivity index is 1.57. The maximum Gasteiger partial charge on any atom is 0.355 e. The van der Waals surface area contributed by atoms with E-state index in [1.54, 1.807) is 13.2 Å². The second-order valence-corrected chi connectivity index (χ2v) is 6.96. The van der Waals surface area contributed by atoms with Crippen molar-refractivity contribution in [1.82, 2.24) is 4.57 Å². The molecule has 0 radical (unpaired) electrons. The zero-order chi connectivity index (χ0) is 21.0. The number of esters is 1. The standard InChI is InChI=1S/C21H25N3O5/c1-14(25)16-12-19(23(3)13-16)21(27)29-15(2)20(26)22-17-4-6-18(7-5-17)24-8-10-28-11-9-24/h4-7,12-13,15H,8-11H2,1-3H3,(H,22,26)/t15-/m0/s1. The number of anilines is 2. The van der Waals surface area contributed by atoms with E-state index in [2.05, 4.69) is 10.2 Å². The summed E-state index contributed by atoms with van der Waals surface area (Å²) in [4.78, 5) is 38.4. The molecule has 2 heterocycles. The van der Waals surface area contributed by atoms with Crippen molar-refractivity contribution >= 4 is 29.0 Å². The molecule has 8 heteroatoms. The molecule has 1 aliphatic rings. The molecule has 2 aromatic rings. The number of ketones is 1. The molecule has 0 bridgehead atoms. The Kier molecular flexibility index (Phi) is 6.33. The highest BCUT2D eigenvalue weighted by Crippen LogP contribution is 2.19. The fourth-order valence-electron chi connectivity index (χ4n) is 3.06. The quantitative estimate of drug-likeness (QED) is 0.592. The van der Waals surface area contributed by atoms with Crippen molar-refractivity contribution in [2.45, 2.75) is 20.0 Å². The van der Waals surface area contributed by atoms with E-state index in [4.69, 9.17) is 9.47 Å². The number of morpholine rings is 1. The number of nitrogens with one attached hydrogen (secondary N) is 1. The molecule has 0 spiro atoms. The lowest BCUT2D eigenvalue weighted by atomic mass is 10.2. The van der Waals surface area contributed by atoms with E-state index in [1.807, 2.05) is 24.3 Å². The van der Waals surface area contributed by atoms with Gasteiger partial charge in [0.1, 0.15) is 5.69 Å². The van der Waals surface area contributed by atoms with Gasteiger partial charge in [-0.1, -0.05) is 0 Å². The second kappa shape index (κ2) is 8.91. The highest BCUT2D eigenvalue weighted by molar-refractivity contribution is 5.99. The lowest BCUT2D eigenvalue weighted by Crippen LogP contribution is -2.36. The van der Waals surface area contributed by atoms with Gasteiger partial charge in [0.05, 0.1) is 13.2 Å². The summed E-state index contributed by atoms with van der Waals surface area (Å²) in [5, 5.41) is 2.75. The normalized spacial score (nSPS) is 14.9. The molecule has 1 aliphatic heterocycles. The highest BCUT2D eigenvalue weighted by Gasteiger charge is 2.22. The highest BCUT2D eigenvalue weighted by atomic mass is 16.5.